The number of rotatable bonds is 9. The Morgan fingerprint density at radius 2 is 1.91 bits per heavy atom. The minimum Gasteiger partial charge on any atom is -0.383 e. The zero-order valence-electron chi connectivity index (χ0n) is 21.4. The quantitative estimate of drug-likeness (QED) is 0.263. The Labute approximate surface area is 210 Å². The van der Waals surface area contributed by atoms with Crippen molar-refractivity contribution >= 4 is 11.3 Å². The number of hydrogen-bond acceptors (Lipinski definition) is 4. The molecule has 1 fully saturated rings. The van der Waals surface area contributed by atoms with E-state index in [1.54, 1.807) is 0 Å². The maximum Gasteiger partial charge on any atom is 0.0923 e. The molecule has 0 aliphatic heterocycles. The van der Waals surface area contributed by atoms with Crippen molar-refractivity contribution in [3.63, 3.8) is 0 Å². The molecule has 4 rings (SSSR count). The predicted octanol–water partition coefficient (Wildman–Crippen LogP) is 7.55. The lowest BCUT2D eigenvalue weighted by molar-refractivity contribution is 0.150. The maximum absolute atomic E-state index is 9.02. The van der Waals surface area contributed by atoms with E-state index in [2.05, 4.69) is 67.2 Å². The van der Waals surface area contributed by atoms with Gasteiger partial charge in [0.2, 0.25) is 0 Å². The van der Waals surface area contributed by atoms with Crippen LogP contribution in [-0.4, -0.2) is 34.7 Å². The zero-order valence-corrected chi connectivity index (χ0v) is 21.4. The van der Waals surface area contributed by atoms with Crippen molar-refractivity contribution in [3.8, 4) is 22.4 Å². The highest BCUT2D eigenvalue weighted by Gasteiger charge is 2.31. The van der Waals surface area contributed by atoms with Gasteiger partial charge in [-0.1, -0.05) is 44.2 Å². The van der Waals surface area contributed by atoms with Crippen molar-refractivity contribution in [3.05, 3.63) is 90.5 Å². The van der Waals surface area contributed by atoms with Gasteiger partial charge < -0.3 is 10.3 Å². The van der Waals surface area contributed by atoms with Gasteiger partial charge in [-0.25, -0.2) is 4.98 Å². The van der Waals surface area contributed by atoms with Crippen molar-refractivity contribution in [1.29, 1.82) is 5.41 Å². The molecule has 0 amide bonds. The number of hydrogen-bond donors (Lipinski definition) is 1. The molecule has 4 heteroatoms. The second-order valence-electron chi connectivity index (χ2n) is 10.3. The van der Waals surface area contributed by atoms with Gasteiger partial charge in [0.15, 0.2) is 0 Å². The molecule has 0 spiro atoms. The summed E-state index contributed by atoms with van der Waals surface area (Å²) in [6.45, 7) is 8.39. The summed E-state index contributed by atoms with van der Waals surface area (Å²) in [4.78, 5) is 11.5. The van der Waals surface area contributed by atoms with Crippen LogP contribution < -0.4 is 0 Å². The molecular formula is C31H36N4. The molecule has 0 saturated heterocycles. The Kier molecular flexibility index (Phi) is 7.30. The van der Waals surface area contributed by atoms with E-state index >= 15 is 0 Å². The van der Waals surface area contributed by atoms with Crippen LogP contribution in [0.5, 0.6) is 0 Å². The molecule has 35 heavy (non-hydrogen) atoms. The normalized spacial score (nSPS) is 14.8. The molecule has 0 atom stereocenters. The Bertz CT molecular complexity index is 1260. The predicted molar refractivity (Wildman–Crippen MR) is 148 cm³/mol. The smallest absolute Gasteiger partial charge is 0.0923 e. The molecule has 0 unspecified atom stereocenters. The van der Waals surface area contributed by atoms with E-state index in [0.717, 1.165) is 57.6 Å². The Balaban J connectivity index is 1.74. The summed E-state index contributed by atoms with van der Waals surface area (Å²) < 4.78 is 0. The van der Waals surface area contributed by atoms with E-state index in [1.807, 2.05) is 44.4 Å². The fourth-order valence-electron chi connectivity index (χ4n) is 4.74. The zero-order chi connectivity index (χ0) is 25.0. The summed E-state index contributed by atoms with van der Waals surface area (Å²) in [5.41, 5.74) is 8.88. The number of pyridine rings is 2. The number of aromatic nitrogens is 2. The second kappa shape index (κ2) is 10.4. The highest BCUT2D eigenvalue weighted by atomic mass is 15.0. The number of benzene rings is 1. The molecule has 2 heterocycles. The van der Waals surface area contributed by atoms with Gasteiger partial charge in [0.1, 0.15) is 0 Å². The van der Waals surface area contributed by atoms with Gasteiger partial charge in [-0.05, 0) is 79.0 Å². The molecule has 180 valence electrons. The van der Waals surface area contributed by atoms with Gasteiger partial charge >= 0.3 is 0 Å². The largest absolute Gasteiger partial charge is 0.383 e. The molecular weight excluding hydrogens is 428 g/mol. The highest BCUT2D eigenvalue weighted by Crippen LogP contribution is 2.44. The van der Waals surface area contributed by atoms with E-state index in [9.17, 15) is 0 Å². The fraction of sp³-hybridized carbons (Fsp3) is 0.323. The van der Waals surface area contributed by atoms with Gasteiger partial charge in [0, 0.05) is 49.4 Å². The van der Waals surface area contributed by atoms with Crippen molar-refractivity contribution in [2.75, 3.05) is 14.1 Å². The number of nitrogens with one attached hydrogen (secondary N) is 1. The van der Waals surface area contributed by atoms with E-state index in [0.29, 0.717) is 11.1 Å². The molecule has 1 N–H and O–H groups in total. The second-order valence-corrected chi connectivity index (χ2v) is 10.3. The topological polar surface area (TPSA) is 52.9 Å². The van der Waals surface area contributed by atoms with Crippen LogP contribution in [-0.2, 0) is 0 Å². The average molecular weight is 465 g/mol. The van der Waals surface area contributed by atoms with Crippen LogP contribution in [0.25, 0.3) is 28.0 Å². The first-order valence-electron chi connectivity index (χ1n) is 12.4. The standard InChI is InChI=1S/C31H36N4/c1-6-23(21-35(4)5)24-9-7-10-25(18-24)29-12-11-27(26-17-22(2)19-33-20-26)30(34-29)28(32)13-16-31(3)14-8-15-31/h6-7,9-12,17-21,32H,1,8,13-16H2,2-5H3/b23-21+,32-28?. The van der Waals surface area contributed by atoms with Crippen LogP contribution >= 0.6 is 0 Å². The number of allylic oxidation sites excluding steroid dienone is 2. The average Bonchev–Trinajstić information content (AvgIpc) is 2.84. The van der Waals surface area contributed by atoms with Crippen molar-refractivity contribution in [2.24, 2.45) is 5.41 Å². The van der Waals surface area contributed by atoms with Crippen molar-refractivity contribution in [1.82, 2.24) is 14.9 Å². The lowest BCUT2D eigenvalue weighted by Crippen LogP contribution is -2.26. The van der Waals surface area contributed by atoms with Gasteiger partial charge in [-0.15, -0.1) is 0 Å². The third-order valence-electron chi connectivity index (χ3n) is 7.02. The summed E-state index contributed by atoms with van der Waals surface area (Å²) in [5.74, 6) is 0. The first kappa shape index (κ1) is 24.6. The van der Waals surface area contributed by atoms with Crippen molar-refractivity contribution in [2.45, 2.75) is 46.0 Å². The number of aryl methyl sites for hydroxylation is 1. The molecule has 1 aliphatic rings. The van der Waals surface area contributed by atoms with Gasteiger partial charge in [-0.3, -0.25) is 4.98 Å². The van der Waals surface area contributed by atoms with E-state index < -0.39 is 0 Å². The monoisotopic (exact) mass is 464 g/mol. The SMILES string of the molecule is C=C/C(=C\N(C)C)c1cccc(-c2ccc(-c3cncc(C)c3)c(C(=N)CCC3(C)CCC3)n2)c1. The van der Waals surface area contributed by atoms with E-state index in [4.69, 9.17) is 10.4 Å². The molecule has 2 aromatic heterocycles. The summed E-state index contributed by atoms with van der Waals surface area (Å²) >= 11 is 0. The van der Waals surface area contributed by atoms with E-state index in [1.165, 1.54) is 19.3 Å². The fourth-order valence-corrected chi connectivity index (χ4v) is 4.74. The molecule has 1 saturated carbocycles. The Morgan fingerprint density at radius 3 is 2.57 bits per heavy atom. The van der Waals surface area contributed by atoms with Crippen LogP contribution in [0.3, 0.4) is 0 Å². The Hall–Kier alpha value is -3.53. The third-order valence-corrected chi connectivity index (χ3v) is 7.02. The lowest BCUT2D eigenvalue weighted by Gasteiger charge is -2.38. The molecule has 1 aliphatic carbocycles. The summed E-state index contributed by atoms with van der Waals surface area (Å²) in [6.07, 6.45) is 13.3. The maximum atomic E-state index is 9.02. The molecule has 0 radical (unpaired) electrons. The summed E-state index contributed by atoms with van der Waals surface area (Å²) in [5, 5.41) is 9.02. The van der Waals surface area contributed by atoms with Crippen LogP contribution in [0.15, 0.2) is 73.7 Å². The van der Waals surface area contributed by atoms with Crippen molar-refractivity contribution < 1.29 is 0 Å². The van der Waals surface area contributed by atoms with Crippen LogP contribution in [0.4, 0.5) is 0 Å². The summed E-state index contributed by atoms with van der Waals surface area (Å²) in [7, 11) is 4.02. The minimum atomic E-state index is 0.378. The van der Waals surface area contributed by atoms with E-state index in [-0.39, 0.29) is 0 Å². The Morgan fingerprint density at radius 1 is 1.11 bits per heavy atom. The highest BCUT2D eigenvalue weighted by molar-refractivity contribution is 6.02. The first-order valence-corrected chi connectivity index (χ1v) is 12.4. The summed E-state index contributed by atoms with van der Waals surface area (Å²) in [6, 6.07) is 14.7. The van der Waals surface area contributed by atoms with Gasteiger partial charge in [-0.2, -0.15) is 0 Å². The van der Waals surface area contributed by atoms with Gasteiger partial charge in [0.05, 0.1) is 17.1 Å². The van der Waals surface area contributed by atoms with Gasteiger partial charge in [0.25, 0.3) is 0 Å². The molecule has 0 bridgehead atoms. The minimum absolute atomic E-state index is 0.378. The van der Waals surface area contributed by atoms with Crippen LogP contribution in [0, 0.1) is 17.7 Å². The first-order chi connectivity index (χ1) is 16.8. The lowest BCUT2D eigenvalue weighted by atomic mass is 9.67. The molecule has 4 nitrogen and oxygen atoms in total. The third kappa shape index (κ3) is 5.76. The van der Waals surface area contributed by atoms with Crippen LogP contribution in [0.2, 0.25) is 0 Å². The molecule has 3 aromatic rings. The van der Waals surface area contributed by atoms with Crippen LogP contribution in [0.1, 0.15) is 55.8 Å². The molecule has 1 aromatic carbocycles. The number of nitrogens with zero attached hydrogens (tertiary/aromatic N) is 3.